The Labute approximate surface area is 302 Å². The van der Waals surface area contributed by atoms with E-state index in [2.05, 4.69) is 22.0 Å². The average molecular weight is 711 g/mol. The normalized spacial score (nSPS) is 11.6. The summed E-state index contributed by atoms with van der Waals surface area (Å²) >= 11 is 4.09. The van der Waals surface area contributed by atoms with Crippen molar-refractivity contribution in [2.75, 3.05) is 10.6 Å². The number of rotatable bonds is 11. The van der Waals surface area contributed by atoms with Crippen molar-refractivity contribution in [2.45, 2.75) is 17.1 Å². The second-order valence-corrected chi connectivity index (χ2v) is 14.1. The van der Waals surface area contributed by atoms with Crippen LogP contribution in [0.2, 0.25) is 0 Å². The van der Waals surface area contributed by atoms with Crippen molar-refractivity contribution in [3.8, 4) is 17.2 Å². The number of anilines is 2. The fraction of sp³-hybridized carbons (Fsp3) is 0.0500. The van der Waals surface area contributed by atoms with E-state index in [0.717, 1.165) is 32.0 Å². The number of benzene rings is 4. The summed E-state index contributed by atoms with van der Waals surface area (Å²) in [6.45, 7) is 2.01. The van der Waals surface area contributed by atoms with Crippen LogP contribution in [0.15, 0.2) is 143 Å². The third-order valence-electron chi connectivity index (χ3n) is 7.55. The van der Waals surface area contributed by atoms with E-state index in [1.165, 1.54) is 34.4 Å². The first-order valence-electron chi connectivity index (χ1n) is 15.5. The molecule has 0 fully saturated rings. The number of nitrogens with zero attached hydrogens (tertiary/aromatic N) is 1. The highest BCUT2D eigenvalue weighted by molar-refractivity contribution is 8.00. The van der Waals surface area contributed by atoms with E-state index in [9.17, 15) is 19.6 Å². The molecule has 3 N–H and O–H groups in total. The molecular formula is C40H30N4O3S3. The lowest BCUT2D eigenvalue weighted by Gasteiger charge is -2.17. The highest BCUT2D eigenvalue weighted by atomic mass is 32.2. The zero-order valence-corrected chi connectivity index (χ0v) is 29.2. The average Bonchev–Trinajstić information content (AvgIpc) is 3.81. The number of carbonyl (C=O) groups excluding carboxylic acids is 3. The Bertz CT molecular complexity index is 2190. The molecule has 7 nitrogen and oxygen atoms in total. The third kappa shape index (κ3) is 8.46. The van der Waals surface area contributed by atoms with Crippen molar-refractivity contribution in [1.29, 1.82) is 5.26 Å². The SMILES string of the molecule is Cc1ccc(-c2csc(NC(=O)C(Sc3cccc(NC(=O)/C(=C/c4cccs4)NC(=O)c4ccccc4)c3)c3ccccc3)c2C#N)cc1. The molecule has 0 bridgehead atoms. The minimum atomic E-state index is -0.668. The Hall–Kier alpha value is -5.73. The number of nitriles is 1. The van der Waals surface area contributed by atoms with Gasteiger partial charge in [0.1, 0.15) is 22.0 Å². The van der Waals surface area contributed by atoms with Crippen LogP contribution in [0.25, 0.3) is 17.2 Å². The van der Waals surface area contributed by atoms with Gasteiger partial charge in [-0.1, -0.05) is 90.5 Å². The van der Waals surface area contributed by atoms with E-state index in [-0.39, 0.29) is 11.6 Å². The van der Waals surface area contributed by atoms with Crippen LogP contribution in [0.5, 0.6) is 0 Å². The van der Waals surface area contributed by atoms with Crippen molar-refractivity contribution in [1.82, 2.24) is 5.32 Å². The molecule has 4 aromatic carbocycles. The van der Waals surface area contributed by atoms with Gasteiger partial charge in [0.2, 0.25) is 5.91 Å². The minimum absolute atomic E-state index is 0.0927. The van der Waals surface area contributed by atoms with E-state index in [0.29, 0.717) is 21.8 Å². The standard InChI is InChI=1S/C40H30N4O3S3/c1-26-17-19-27(20-18-26)34-25-49-40(33(34)24-41)44-39(47)36(28-10-4-2-5-11-28)50-32-15-8-14-30(22-32)42-38(46)35(23-31-16-9-21-48-31)43-37(45)29-12-6-3-7-13-29/h2-23,25,36H,1H3,(H,42,46)(H,43,45)(H,44,47)/b35-23-. The maximum atomic E-state index is 13.9. The Morgan fingerprint density at radius 2 is 1.56 bits per heavy atom. The lowest BCUT2D eigenvalue weighted by Crippen LogP contribution is -2.30. The van der Waals surface area contributed by atoms with Crippen LogP contribution in [-0.2, 0) is 9.59 Å². The molecule has 0 spiro atoms. The summed E-state index contributed by atoms with van der Waals surface area (Å²) in [5.41, 5.74) is 5.00. The Balaban J connectivity index is 1.22. The Morgan fingerprint density at radius 1 is 0.820 bits per heavy atom. The van der Waals surface area contributed by atoms with Gasteiger partial charge in [-0.3, -0.25) is 14.4 Å². The van der Waals surface area contributed by atoms with Crippen LogP contribution in [-0.4, -0.2) is 17.7 Å². The van der Waals surface area contributed by atoms with Gasteiger partial charge in [-0.15, -0.1) is 34.4 Å². The van der Waals surface area contributed by atoms with Gasteiger partial charge >= 0.3 is 0 Å². The summed E-state index contributed by atoms with van der Waals surface area (Å²) in [6, 6.07) is 39.2. The molecule has 0 aliphatic rings. The summed E-state index contributed by atoms with van der Waals surface area (Å²) in [5.74, 6) is -1.18. The first-order valence-corrected chi connectivity index (χ1v) is 18.2. The highest BCUT2D eigenvalue weighted by Crippen LogP contribution is 2.40. The molecule has 1 unspecified atom stereocenters. The van der Waals surface area contributed by atoms with E-state index < -0.39 is 17.1 Å². The lowest BCUT2D eigenvalue weighted by atomic mass is 10.0. The predicted molar refractivity (Wildman–Crippen MR) is 204 cm³/mol. The van der Waals surface area contributed by atoms with E-state index in [1.54, 1.807) is 48.5 Å². The molecule has 246 valence electrons. The van der Waals surface area contributed by atoms with Gasteiger partial charge < -0.3 is 16.0 Å². The fourth-order valence-corrected chi connectivity index (χ4v) is 7.69. The summed E-state index contributed by atoms with van der Waals surface area (Å²) in [6.07, 6.45) is 1.64. The molecule has 2 aromatic heterocycles. The van der Waals surface area contributed by atoms with Crippen LogP contribution in [0.4, 0.5) is 10.7 Å². The first-order chi connectivity index (χ1) is 24.4. The van der Waals surface area contributed by atoms with Crippen LogP contribution < -0.4 is 16.0 Å². The van der Waals surface area contributed by atoms with Gasteiger partial charge in [0.15, 0.2) is 0 Å². The van der Waals surface area contributed by atoms with Gasteiger partial charge in [-0.2, -0.15) is 5.26 Å². The van der Waals surface area contributed by atoms with Gasteiger partial charge in [-0.05, 0) is 65.9 Å². The topological polar surface area (TPSA) is 111 Å². The zero-order chi connectivity index (χ0) is 34.9. The molecule has 0 saturated carbocycles. The number of thiophene rings is 2. The molecule has 0 radical (unpaired) electrons. The molecule has 3 amide bonds. The monoisotopic (exact) mass is 710 g/mol. The lowest BCUT2D eigenvalue weighted by molar-refractivity contribution is -0.116. The first kappa shape index (κ1) is 34.1. The van der Waals surface area contributed by atoms with Gasteiger partial charge in [0.25, 0.3) is 11.8 Å². The molecule has 2 heterocycles. The van der Waals surface area contributed by atoms with Crippen molar-refractivity contribution in [3.63, 3.8) is 0 Å². The second kappa shape index (κ2) is 16.1. The molecule has 6 rings (SSSR count). The van der Waals surface area contributed by atoms with E-state index in [1.807, 2.05) is 96.5 Å². The second-order valence-electron chi connectivity index (χ2n) is 11.1. The molecular weight excluding hydrogens is 681 g/mol. The van der Waals surface area contributed by atoms with Crippen molar-refractivity contribution < 1.29 is 14.4 Å². The number of hydrogen-bond donors (Lipinski definition) is 3. The quantitative estimate of drug-likeness (QED) is 0.0917. The number of amides is 3. The number of hydrogen-bond acceptors (Lipinski definition) is 7. The molecule has 1 atom stereocenters. The predicted octanol–water partition coefficient (Wildman–Crippen LogP) is 9.54. The van der Waals surface area contributed by atoms with Crippen LogP contribution in [0.3, 0.4) is 0 Å². The summed E-state index contributed by atoms with van der Waals surface area (Å²) in [5, 5.41) is 22.3. The molecule has 0 aliphatic heterocycles. The fourth-order valence-electron chi connectivity index (χ4n) is 5.02. The molecule has 50 heavy (non-hydrogen) atoms. The third-order valence-corrected chi connectivity index (χ3v) is 10.5. The van der Waals surface area contributed by atoms with Crippen molar-refractivity contribution in [2.24, 2.45) is 0 Å². The summed E-state index contributed by atoms with van der Waals surface area (Å²) < 4.78 is 0. The Kier molecular flexibility index (Phi) is 11.0. The van der Waals surface area contributed by atoms with Crippen LogP contribution in [0, 0.1) is 18.3 Å². The minimum Gasteiger partial charge on any atom is -0.321 e. The van der Waals surface area contributed by atoms with Crippen molar-refractivity contribution in [3.05, 3.63) is 165 Å². The van der Waals surface area contributed by atoms with E-state index >= 15 is 0 Å². The van der Waals surface area contributed by atoms with Gasteiger partial charge in [0, 0.05) is 32.0 Å². The Morgan fingerprint density at radius 3 is 2.26 bits per heavy atom. The molecule has 0 saturated heterocycles. The van der Waals surface area contributed by atoms with Crippen molar-refractivity contribution >= 4 is 68.9 Å². The summed E-state index contributed by atoms with van der Waals surface area (Å²) in [7, 11) is 0. The number of aryl methyl sites for hydroxylation is 1. The number of thioether (sulfide) groups is 1. The van der Waals surface area contributed by atoms with Crippen LogP contribution >= 0.6 is 34.4 Å². The van der Waals surface area contributed by atoms with Gasteiger partial charge in [0.05, 0.1) is 5.56 Å². The maximum absolute atomic E-state index is 13.9. The highest BCUT2D eigenvalue weighted by Gasteiger charge is 2.25. The van der Waals surface area contributed by atoms with Gasteiger partial charge in [-0.25, -0.2) is 0 Å². The zero-order valence-electron chi connectivity index (χ0n) is 26.8. The maximum Gasteiger partial charge on any atom is 0.272 e. The molecule has 0 aliphatic carbocycles. The number of carbonyl (C=O) groups is 3. The van der Waals surface area contributed by atoms with Crippen LogP contribution in [0.1, 0.15) is 37.2 Å². The summed E-state index contributed by atoms with van der Waals surface area (Å²) in [4.78, 5) is 42.0. The number of nitrogens with one attached hydrogen (secondary N) is 3. The smallest absolute Gasteiger partial charge is 0.272 e. The molecule has 6 aromatic rings. The van der Waals surface area contributed by atoms with E-state index in [4.69, 9.17) is 0 Å². The largest absolute Gasteiger partial charge is 0.321 e. The molecule has 10 heteroatoms.